The fourth-order valence-electron chi connectivity index (χ4n) is 4.43. The highest BCUT2D eigenvalue weighted by Crippen LogP contribution is 2.55. The lowest BCUT2D eigenvalue weighted by molar-refractivity contribution is -0.180. The zero-order valence-corrected chi connectivity index (χ0v) is 13.4. The molecule has 4 rings (SSSR count). The molecule has 0 aromatic heterocycles. The largest absolute Gasteiger partial charge is 0.392 e. The maximum atomic E-state index is 13.0. The van der Waals surface area contributed by atoms with Crippen LogP contribution in [0.1, 0.15) is 32.1 Å². The lowest BCUT2D eigenvalue weighted by atomic mass is 9.53. The zero-order chi connectivity index (χ0) is 16.9. The van der Waals surface area contributed by atoms with Crippen LogP contribution in [0.4, 0.5) is 8.78 Å². The Hall–Kier alpha value is -0.640. The monoisotopic (exact) mass is 354 g/mol. The number of alkyl halides is 2. The smallest absolute Gasteiger partial charge is 0.373 e. The molecule has 6 nitrogen and oxygen atoms in total. The predicted octanol–water partition coefficient (Wildman–Crippen LogP) is 1.65. The highest BCUT2D eigenvalue weighted by molar-refractivity contribution is 7.86. The first-order valence-corrected chi connectivity index (χ1v) is 9.16. The van der Waals surface area contributed by atoms with E-state index < -0.39 is 22.0 Å². The first kappa shape index (κ1) is 17.2. The van der Waals surface area contributed by atoms with Gasteiger partial charge in [-0.05, 0) is 38.0 Å². The molecule has 132 valence electrons. The van der Waals surface area contributed by atoms with E-state index in [0.29, 0.717) is 24.5 Å². The molecule has 4 fully saturated rings. The minimum atomic E-state index is -5.47. The average molecular weight is 354 g/mol. The third-order valence-electron chi connectivity index (χ3n) is 5.22. The van der Waals surface area contributed by atoms with Crippen molar-refractivity contribution in [2.24, 2.45) is 17.8 Å². The second-order valence-corrected chi connectivity index (χ2v) is 8.49. The Morgan fingerprint density at radius 1 is 1.17 bits per heavy atom. The van der Waals surface area contributed by atoms with Gasteiger partial charge in [-0.25, -0.2) is 0 Å². The summed E-state index contributed by atoms with van der Waals surface area (Å²) in [5.41, 5.74) is -0.362. The Kier molecular flexibility index (Phi) is 4.27. The van der Waals surface area contributed by atoms with E-state index in [9.17, 15) is 22.0 Å². The molecule has 1 N–H and O–H groups in total. The van der Waals surface area contributed by atoms with Crippen molar-refractivity contribution in [2.75, 3.05) is 19.8 Å². The normalized spacial score (nSPS) is 36.7. The van der Waals surface area contributed by atoms with Crippen LogP contribution >= 0.6 is 0 Å². The van der Waals surface area contributed by atoms with E-state index in [2.05, 4.69) is 4.74 Å². The zero-order valence-electron chi connectivity index (χ0n) is 12.5. The fraction of sp³-hybridized carbons (Fsp3) is 0.929. The standard InChI is InChI=1S/C14H20F2O6S/c15-14(16,23(18,19)20)8-21-1-2-22-13-5-9-3-10(6-13)12(17)11(4-9)7-13/h9-11H,1-8H2,(H,18,19,20). The minimum Gasteiger partial charge on any atom is -0.373 e. The maximum absolute atomic E-state index is 13.0. The van der Waals surface area contributed by atoms with Crippen molar-refractivity contribution in [3.63, 3.8) is 0 Å². The average Bonchev–Trinajstić information content (AvgIpc) is 2.42. The molecule has 0 amide bonds. The van der Waals surface area contributed by atoms with E-state index in [-0.39, 0.29) is 30.7 Å². The molecular formula is C14H20F2O6S. The molecule has 2 unspecified atom stereocenters. The van der Waals surface area contributed by atoms with E-state index in [4.69, 9.17) is 9.29 Å². The summed E-state index contributed by atoms with van der Waals surface area (Å²) >= 11 is 0. The van der Waals surface area contributed by atoms with Gasteiger partial charge in [0.05, 0.1) is 18.8 Å². The van der Waals surface area contributed by atoms with Gasteiger partial charge in [0, 0.05) is 11.8 Å². The van der Waals surface area contributed by atoms with Gasteiger partial charge in [-0.3, -0.25) is 9.35 Å². The summed E-state index contributed by atoms with van der Waals surface area (Å²) < 4.78 is 65.7. The molecule has 4 aliphatic carbocycles. The maximum Gasteiger partial charge on any atom is 0.392 e. The van der Waals surface area contributed by atoms with Gasteiger partial charge in [0.25, 0.3) is 0 Å². The molecule has 23 heavy (non-hydrogen) atoms. The molecule has 0 aliphatic heterocycles. The summed E-state index contributed by atoms with van der Waals surface area (Å²) in [7, 11) is -5.47. The van der Waals surface area contributed by atoms with Crippen molar-refractivity contribution >= 4 is 15.9 Å². The lowest BCUT2D eigenvalue weighted by Gasteiger charge is -2.55. The topological polar surface area (TPSA) is 89.9 Å². The third-order valence-corrected chi connectivity index (χ3v) is 6.09. The molecule has 4 aliphatic rings. The van der Waals surface area contributed by atoms with Crippen molar-refractivity contribution in [1.82, 2.24) is 0 Å². The number of rotatable bonds is 7. The Morgan fingerprint density at radius 3 is 2.35 bits per heavy atom. The summed E-state index contributed by atoms with van der Waals surface area (Å²) in [6, 6.07) is 0. The first-order chi connectivity index (χ1) is 10.6. The van der Waals surface area contributed by atoms with E-state index in [0.717, 1.165) is 19.3 Å². The van der Waals surface area contributed by atoms with Gasteiger partial charge >= 0.3 is 15.4 Å². The second kappa shape index (κ2) is 5.72. The predicted molar refractivity (Wildman–Crippen MR) is 74.6 cm³/mol. The van der Waals surface area contributed by atoms with Crippen LogP contribution in [-0.2, 0) is 24.4 Å². The van der Waals surface area contributed by atoms with Crippen molar-refractivity contribution in [1.29, 1.82) is 0 Å². The van der Waals surface area contributed by atoms with Crippen LogP contribution in [0.15, 0.2) is 0 Å². The summed E-state index contributed by atoms with van der Waals surface area (Å²) in [4.78, 5) is 12.1. The first-order valence-electron chi connectivity index (χ1n) is 7.72. The molecule has 4 saturated carbocycles. The van der Waals surface area contributed by atoms with Gasteiger partial charge in [-0.1, -0.05) is 0 Å². The van der Waals surface area contributed by atoms with Gasteiger partial charge in [-0.2, -0.15) is 17.2 Å². The van der Waals surface area contributed by atoms with E-state index in [1.54, 1.807) is 0 Å². The van der Waals surface area contributed by atoms with Crippen molar-refractivity contribution < 1.29 is 36.0 Å². The van der Waals surface area contributed by atoms with Crippen LogP contribution < -0.4 is 0 Å². The van der Waals surface area contributed by atoms with Crippen LogP contribution in [-0.4, -0.2) is 49.4 Å². The van der Waals surface area contributed by atoms with Gasteiger partial charge in [-0.15, -0.1) is 0 Å². The van der Waals surface area contributed by atoms with Gasteiger partial charge < -0.3 is 9.47 Å². The summed E-state index contributed by atoms with van der Waals surface area (Å²) in [6.07, 6.45) is 4.10. The summed E-state index contributed by atoms with van der Waals surface area (Å²) in [5, 5.41) is -4.32. The number of hydrogen-bond acceptors (Lipinski definition) is 5. The molecule has 0 aromatic carbocycles. The second-order valence-electron chi connectivity index (χ2n) is 6.94. The Morgan fingerprint density at radius 2 is 1.78 bits per heavy atom. The SMILES string of the molecule is O=C1C2CC3CC1CC(OCCOCC(F)(F)S(=O)(=O)O)(C3)C2. The quantitative estimate of drug-likeness (QED) is 0.552. The van der Waals surface area contributed by atoms with Gasteiger partial charge in [0.1, 0.15) is 12.4 Å². The number of ether oxygens (including phenoxy) is 2. The molecule has 4 bridgehead atoms. The van der Waals surface area contributed by atoms with Crippen molar-refractivity contribution in [2.45, 2.75) is 43.0 Å². The number of Topliss-reactive ketones (excluding diaryl/α,β-unsaturated/α-hetero) is 1. The number of carbonyl (C=O) groups is 1. The molecule has 0 heterocycles. The molecular weight excluding hydrogens is 334 g/mol. The Bertz CT molecular complexity index is 572. The van der Waals surface area contributed by atoms with E-state index in [1.165, 1.54) is 0 Å². The number of halogens is 2. The van der Waals surface area contributed by atoms with Crippen LogP contribution in [0.2, 0.25) is 0 Å². The summed E-state index contributed by atoms with van der Waals surface area (Å²) in [6.45, 7) is -1.54. The molecule has 0 aromatic rings. The molecule has 9 heteroatoms. The van der Waals surface area contributed by atoms with Crippen LogP contribution in [0.5, 0.6) is 0 Å². The fourth-order valence-corrected chi connectivity index (χ4v) is 4.67. The number of carbonyl (C=O) groups excluding carboxylic acids is 1. The van der Waals surface area contributed by atoms with Crippen molar-refractivity contribution in [3.8, 4) is 0 Å². The highest BCUT2D eigenvalue weighted by atomic mass is 32.2. The van der Waals surface area contributed by atoms with Crippen LogP contribution in [0.3, 0.4) is 0 Å². The number of hydrogen-bond donors (Lipinski definition) is 1. The third kappa shape index (κ3) is 3.29. The Balaban J connectivity index is 1.46. The van der Waals surface area contributed by atoms with Gasteiger partial charge in [0.2, 0.25) is 0 Å². The number of ketones is 1. The van der Waals surface area contributed by atoms with Crippen LogP contribution in [0, 0.1) is 17.8 Å². The van der Waals surface area contributed by atoms with Crippen LogP contribution in [0.25, 0.3) is 0 Å². The van der Waals surface area contributed by atoms with Gasteiger partial charge in [0.15, 0.2) is 0 Å². The highest BCUT2D eigenvalue weighted by Gasteiger charge is 2.55. The molecule has 0 radical (unpaired) electrons. The van der Waals surface area contributed by atoms with Crippen molar-refractivity contribution in [3.05, 3.63) is 0 Å². The lowest BCUT2D eigenvalue weighted by Crippen LogP contribution is -2.56. The van der Waals surface area contributed by atoms with E-state index in [1.807, 2.05) is 0 Å². The minimum absolute atomic E-state index is 0.0574. The summed E-state index contributed by atoms with van der Waals surface area (Å²) in [5.74, 6) is 0.955. The molecule has 0 spiro atoms. The van der Waals surface area contributed by atoms with E-state index >= 15 is 0 Å². The molecule has 2 atom stereocenters. The molecule has 0 saturated heterocycles. The Labute approximate surface area is 133 Å².